The lowest BCUT2D eigenvalue weighted by molar-refractivity contribution is -0.291. The van der Waals surface area contributed by atoms with E-state index in [9.17, 15) is 26.7 Å². The summed E-state index contributed by atoms with van der Waals surface area (Å²) in [5.41, 5.74) is 0.931. The molecule has 0 bridgehead atoms. The van der Waals surface area contributed by atoms with E-state index in [-0.39, 0.29) is 6.54 Å². The van der Waals surface area contributed by atoms with Crippen LogP contribution < -0.4 is 11.1 Å². The van der Waals surface area contributed by atoms with Gasteiger partial charge in [0.05, 0.1) is 18.6 Å². The smallest absolute Gasteiger partial charge is 0.369 e. The van der Waals surface area contributed by atoms with Gasteiger partial charge in [-0.2, -0.15) is 13.2 Å². The monoisotopic (exact) mass is 383 g/mol. The molecule has 2 aliphatic rings. The van der Waals surface area contributed by atoms with Crippen LogP contribution in [0.25, 0.3) is 0 Å². The van der Waals surface area contributed by atoms with Gasteiger partial charge in [-0.1, -0.05) is 6.08 Å². The summed E-state index contributed by atoms with van der Waals surface area (Å²) in [6.07, 6.45) is -4.58. The summed E-state index contributed by atoms with van der Waals surface area (Å²) in [6, 6.07) is 0. The van der Waals surface area contributed by atoms with E-state index >= 15 is 0 Å². The molecular formula is C16H22F5N3O2. The molecule has 2 heterocycles. The van der Waals surface area contributed by atoms with Gasteiger partial charge in [0.25, 0.3) is 5.92 Å². The molecule has 0 spiro atoms. The first-order valence-corrected chi connectivity index (χ1v) is 8.12. The first-order chi connectivity index (χ1) is 11.8. The van der Waals surface area contributed by atoms with Crippen molar-refractivity contribution < 1.29 is 31.5 Å². The lowest BCUT2D eigenvalue weighted by Gasteiger charge is -2.48. The van der Waals surface area contributed by atoms with Crippen LogP contribution in [0.15, 0.2) is 17.1 Å². The van der Waals surface area contributed by atoms with Crippen LogP contribution in [0.4, 0.5) is 22.0 Å². The second-order valence-electron chi connectivity index (χ2n) is 7.28. The van der Waals surface area contributed by atoms with Gasteiger partial charge in [0, 0.05) is 12.1 Å². The number of aliphatic imine (C=N–C) groups is 1. The maximum absolute atomic E-state index is 14.4. The maximum atomic E-state index is 14.4. The van der Waals surface area contributed by atoms with Crippen molar-refractivity contribution in [2.75, 3.05) is 19.7 Å². The molecule has 0 aliphatic carbocycles. The number of hydrogen-bond donors (Lipinski definition) is 2. The first kappa shape index (κ1) is 20.8. The maximum Gasteiger partial charge on any atom is 0.402 e. The molecule has 2 aliphatic heterocycles. The summed E-state index contributed by atoms with van der Waals surface area (Å²) in [5.74, 6) is -6.43. The van der Waals surface area contributed by atoms with Crippen molar-refractivity contribution in [1.82, 2.24) is 5.32 Å². The molecule has 0 aromatic heterocycles. The molecule has 1 fully saturated rings. The average Bonchev–Trinajstić information content (AvgIpc) is 2.51. The van der Waals surface area contributed by atoms with E-state index in [1.165, 1.54) is 13.8 Å². The van der Waals surface area contributed by atoms with Crippen LogP contribution in [0.2, 0.25) is 0 Å². The Bertz CT molecular complexity index is 603. The predicted octanol–water partition coefficient (Wildman–Crippen LogP) is 2.27. The second-order valence-corrected chi connectivity index (χ2v) is 7.28. The number of carbonyl (C=O) groups excluding carboxylic acids is 1. The molecule has 1 saturated heterocycles. The standard InChI is InChI=1S/C16H22F5N3O2/c1-13(2,11(22)25)9-26-12-14(16(19,20)21,5-3-6-24-12)10-4-7-23-8-15(10,17)18/h3,5-6,10,12,23H,4,7-9H2,1-2H3,(H2,22,25). The molecule has 3 atom stereocenters. The molecule has 3 N–H and O–H groups in total. The SMILES string of the molecule is CC(C)(COC1N=CC=CC1(C1CCNCC1(F)F)C(F)(F)F)C(N)=O. The Morgan fingerprint density at radius 2 is 2.04 bits per heavy atom. The van der Waals surface area contributed by atoms with E-state index in [4.69, 9.17) is 10.5 Å². The fraction of sp³-hybridized carbons (Fsp3) is 0.750. The Balaban J connectivity index is 2.43. The molecule has 0 saturated carbocycles. The van der Waals surface area contributed by atoms with Crippen molar-refractivity contribution in [3.63, 3.8) is 0 Å². The molecule has 26 heavy (non-hydrogen) atoms. The number of nitrogens with zero attached hydrogens (tertiary/aromatic N) is 1. The zero-order valence-corrected chi connectivity index (χ0v) is 14.4. The van der Waals surface area contributed by atoms with Crippen molar-refractivity contribution in [3.05, 3.63) is 12.2 Å². The summed E-state index contributed by atoms with van der Waals surface area (Å²) in [5, 5.41) is 2.42. The first-order valence-electron chi connectivity index (χ1n) is 8.12. The molecule has 2 rings (SSSR count). The number of nitrogens with one attached hydrogen (secondary N) is 1. The highest BCUT2D eigenvalue weighted by Crippen LogP contribution is 2.56. The summed E-state index contributed by atoms with van der Waals surface area (Å²) >= 11 is 0. The van der Waals surface area contributed by atoms with Gasteiger partial charge in [0.2, 0.25) is 5.91 Å². The number of carbonyl (C=O) groups is 1. The topological polar surface area (TPSA) is 76.7 Å². The minimum Gasteiger partial charge on any atom is -0.369 e. The number of amides is 1. The van der Waals surface area contributed by atoms with Crippen LogP contribution >= 0.6 is 0 Å². The second kappa shape index (κ2) is 6.88. The van der Waals surface area contributed by atoms with Gasteiger partial charge in [-0.15, -0.1) is 0 Å². The molecule has 10 heteroatoms. The average molecular weight is 383 g/mol. The van der Waals surface area contributed by atoms with Crippen LogP contribution in [0, 0.1) is 16.7 Å². The number of halogens is 5. The van der Waals surface area contributed by atoms with E-state index in [1.807, 2.05) is 0 Å². The van der Waals surface area contributed by atoms with Crippen molar-refractivity contribution in [3.8, 4) is 0 Å². The fourth-order valence-corrected chi connectivity index (χ4v) is 3.22. The zero-order valence-electron chi connectivity index (χ0n) is 14.4. The largest absolute Gasteiger partial charge is 0.402 e. The number of dihydropyridines is 1. The zero-order chi connectivity index (χ0) is 19.8. The van der Waals surface area contributed by atoms with Gasteiger partial charge < -0.3 is 15.8 Å². The van der Waals surface area contributed by atoms with E-state index in [0.717, 1.165) is 12.3 Å². The number of hydrogen-bond acceptors (Lipinski definition) is 4. The van der Waals surface area contributed by atoms with E-state index < -0.39 is 60.6 Å². The minimum absolute atomic E-state index is 0.0230. The van der Waals surface area contributed by atoms with Gasteiger partial charge in [0.15, 0.2) is 6.23 Å². The molecule has 0 aromatic rings. The van der Waals surface area contributed by atoms with Crippen molar-refractivity contribution in [2.45, 2.75) is 38.6 Å². The van der Waals surface area contributed by atoms with E-state index in [1.54, 1.807) is 0 Å². The minimum atomic E-state index is -5.03. The summed E-state index contributed by atoms with van der Waals surface area (Å²) < 4.78 is 76.4. The Labute approximate surface area is 147 Å². The summed E-state index contributed by atoms with van der Waals surface area (Å²) in [7, 11) is 0. The Kier molecular flexibility index (Phi) is 5.49. The Morgan fingerprint density at radius 1 is 1.38 bits per heavy atom. The van der Waals surface area contributed by atoms with Crippen LogP contribution in [0.5, 0.6) is 0 Å². The van der Waals surface area contributed by atoms with Gasteiger partial charge >= 0.3 is 6.18 Å². The van der Waals surface area contributed by atoms with Crippen molar-refractivity contribution in [1.29, 1.82) is 0 Å². The number of ether oxygens (including phenoxy) is 1. The van der Waals surface area contributed by atoms with Crippen molar-refractivity contribution >= 4 is 12.1 Å². The fourth-order valence-electron chi connectivity index (χ4n) is 3.22. The highest BCUT2D eigenvalue weighted by Gasteiger charge is 2.69. The van der Waals surface area contributed by atoms with Crippen LogP contribution in [0.3, 0.4) is 0 Å². The van der Waals surface area contributed by atoms with E-state index in [2.05, 4.69) is 10.3 Å². The summed E-state index contributed by atoms with van der Waals surface area (Å²) in [4.78, 5) is 15.1. The molecule has 148 valence electrons. The molecule has 5 nitrogen and oxygen atoms in total. The molecule has 0 aromatic carbocycles. The Morgan fingerprint density at radius 3 is 2.58 bits per heavy atom. The molecular weight excluding hydrogens is 361 g/mol. The normalized spacial score (nSPS) is 31.8. The van der Waals surface area contributed by atoms with Gasteiger partial charge in [-0.25, -0.2) is 8.78 Å². The van der Waals surface area contributed by atoms with Crippen molar-refractivity contribution in [2.24, 2.45) is 27.5 Å². The lowest BCUT2D eigenvalue weighted by Crippen LogP contribution is -2.62. The number of rotatable bonds is 5. The molecule has 1 amide bonds. The quantitative estimate of drug-likeness (QED) is 0.715. The third kappa shape index (κ3) is 3.62. The van der Waals surface area contributed by atoms with Crippen LogP contribution in [-0.4, -0.2) is 50.1 Å². The number of nitrogens with two attached hydrogens (primary N) is 1. The highest BCUT2D eigenvalue weighted by molar-refractivity contribution is 5.80. The Hall–Kier alpha value is -1.55. The number of piperidine rings is 1. The molecule has 3 unspecified atom stereocenters. The molecule has 0 radical (unpaired) electrons. The number of allylic oxidation sites excluding steroid dienone is 1. The van der Waals surface area contributed by atoms with Crippen LogP contribution in [-0.2, 0) is 9.53 Å². The third-order valence-electron chi connectivity index (χ3n) is 4.91. The van der Waals surface area contributed by atoms with Gasteiger partial charge in [-0.05, 0) is 32.9 Å². The number of alkyl halides is 5. The van der Waals surface area contributed by atoms with E-state index in [0.29, 0.717) is 6.08 Å². The lowest BCUT2D eigenvalue weighted by atomic mass is 9.66. The van der Waals surface area contributed by atoms with Crippen LogP contribution in [0.1, 0.15) is 20.3 Å². The van der Waals surface area contributed by atoms with Gasteiger partial charge in [-0.3, -0.25) is 9.79 Å². The predicted molar refractivity (Wildman–Crippen MR) is 84.8 cm³/mol. The summed E-state index contributed by atoms with van der Waals surface area (Å²) in [6.45, 7) is 1.48. The van der Waals surface area contributed by atoms with Gasteiger partial charge in [0.1, 0.15) is 5.41 Å². The highest BCUT2D eigenvalue weighted by atomic mass is 19.4. The number of primary amides is 1. The third-order valence-corrected chi connectivity index (χ3v) is 4.91.